The lowest BCUT2D eigenvalue weighted by Crippen LogP contribution is -2.03. The molecule has 82 valence electrons. The fraction of sp³-hybridized carbons (Fsp3) is 0.200. The van der Waals surface area contributed by atoms with E-state index in [2.05, 4.69) is 61.3 Å². The number of hydrogen-bond acceptors (Lipinski definition) is 1. The maximum absolute atomic E-state index is 4.01. The molecule has 0 aliphatic rings. The van der Waals surface area contributed by atoms with E-state index in [0.717, 1.165) is 13.0 Å². The summed E-state index contributed by atoms with van der Waals surface area (Å²) in [4.78, 5) is 0. The highest BCUT2D eigenvalue weighted by molar-refractivity contribution is 5.93. The highest BCUT2D eigenvalue weighted by Gasteiger charge is 1.99. The van der Waals surface area contributed by atoms with E-state index >= 15 is 0 Å². The van der Waals surface area contributed by atoms with Gasteiger partial charge in [-0.3, -0.25) is 0 Å². The molecule has 0 radical (unpaired) electrons. The summed E-state index contributed by atoms with van der Waals surface area (Å²) < 4.78 is 0. The second kappa shape index (κ2) is 4.84. The van der Waals surface area contributed by atoms with Gasteiger partial charge < -0.3 is 5.32 Å². The molecule has 16 heavy (non-hydrogen) atoms. The van der Waals surface area contributed by atoms with E-state index in [4.69, 9.17) is 0 Å². The standard InChI is InChI=1S/C15H17N/c1-3-12(2)11-16-15-10-6-8-13-7-4-5-9-14(13)15/h4-10,16H,2-3,11H2,1H3. The Balaban J connectivity index is 2.27. The van der Waals surface area contributed by atoms with Crippen molar-refractivity contribution in [1.82, 2.24) is 0 Å². The zero-order valence-electron chi connectivity index (χ0n) is 9.66. The first-order valence-electron chi connectivity index (χ1n) is 5.69. The summed E-state index contributed by atoms with van der Waals surface area (Å²) in [6, 6.07) is 14.8. The summed E-state index contributed by atoms with van der Waals surface area (Å²) in [7, 11) is 0. The van der Waals surface area contributed by atoms with Gasteiger partial charge >= 0.3 is 0 Å². The molecule has 0 heterocycles. The lowest BCUT2D eigenvalue weighted by molar-refractivity contribution is 1.05. The maximum Gasteiger partial charge on any atom is 0.0422 e. The van der Waals surface area contributed by atoms with E-state index in [9.17, 15) is 0 Å². The van der Waals surface area contributed by atoms with Gasteiger partial charge in [0, 0.05) is 17.6 Å². The van der Waals surface area contributed by atoms with Gasteiger partial charge in [-0.1, -0.05) is 55.5 Å². The fourth-order valence-corrected chi connectivity index (χ4v) is 1.72. The van der Waals surface area contributed by atoms with Gasteiger partial charge in [-0.25, -0.2) is 0 Å². The average Bonchev–Trinajstić information content (AvgIpc) is 2.35. The Kier molecular flexibility index (Phi) is 3.25. The highest BCUT2D eigenvalue weighted by Crippen LogP contribution is 2.22. The van der Waals surface area contributed by atoms with Crippen molar-refractivity contribution in [2.24, 2.45) is 0 Å². The molecule has 0 saturated heterocycles. The molecule has 0 unspecified atom stereocenters. The van der Waals surface area contributed by atoms with Crippen LogP contribution >= 0.6 is 0 Å². The quantitative estimate of drug-likeness (QED) is 0.747. The molecule has 0 aromatic heterocycles. The summed E-state index contributed by atoms with van der Waals surface area (Å²) in [6.07, 6.45) is 1.03. The van der Waals surface area contributed by atoms with Gasteiger partial charge in [-0.05, 0) is 17.9 Å². The SMILES string of the molecule is C=C(CC)CNc1cccc2ccccc12. The molecule has 2 rings (SSSR count). The Labute approximate surface area is 96.8 Å². The third kappa shape index (κ3) is 2.25. The van der Waals surface area contributed by atoms with Crippen molar-refractivity contribution in [3.63, 3.8) is 0 Å². The van der Waals surface area contributed by atoms with Crippen LogP contribution in [0.1, 0.15) is 13.3 Å². The molecule has 0 atom stereocenters. The smallest absolute Gasteiger partial charge is 0.0422 e. The number of rotatable bonds is 4. The van der Waals surface area contributed by atoms with E-state index in [1.54, 1.807) is 0 Å². The average molecular weight is 211 g/mol. The minimum Gasteiger partial charge on any atom is -0.381 e. The molecule has 0 bridgehead atoms. The van der Waals surface area contributed by atoms with Gasteiger partial charge in [0.25, 0.3) is 0 Å². The highest BCUT2D eigenvalue weighted by atomic mass is 14.9. The van der Waals surface area contributed by atoms with Crippen LogP contribution in [-0.2, 0) is 0 Å². The van der Waals surface area contributed by atoms with Crippen molar-refractivity contribution in [3.05, 3.63) is 54.6 Å². The molecule has 2 aromatic rings. The Morgan fingerprint density at radius 3 is 2.69 bits per heavy atom. The number of hydrogen-bond donors (Lipinski definition) is 1. The van der Waals surface area contributed by atoms with Crippen LogP contribution in [0.15, 0.2) is 54.6 Å². The zero-order chi connectivity index (χ0) is 11.4. The Hall–Kier alpha value is -1.76. The summed E-state index contributed by atoms with van der Waals surface area (Å²) in [5.74, 6) is 0. The monoisotopic (exact) mass is 211 g/mol. The van der Waals surface area contributed by atoms with Crippen LogP contribution < -0.4 is 5.32 Å². The van der Waals surface area contributed by atoms with Crippen LogP contribution in [0, 0.1) is 0 Å². The third-order valence-corrected chi connectivity index (χ3v) is 2.82. The Bertz CT molecular complexity index is 494. The summed E-state index contributed by atoms with van der Waals surface area (Å²) in [6.45, 7) is 6.99. The summed E-state index contributed by atoms with van der Waals surface area (Å²) >= 11 is 0. The molecule has 0 amide bonds. The molecular weight excluding hydrogens is 194 g/mol. The van der Waals surface area contributed by atoms with Gasteiger partial charge in [-0.15, -0.1) is 0 Å². The lowest BCUT2D eigenvalue weighted by atomic mass is 10.1. The van der Waals surface area contributed by atoms with Crippen molar-refractivity contribution >= 4 is 16.5 Å². The van der Waals surface area contributed by atoms with Gasteiger partial charge in [0.2, 0.25) is 0 Å². The predicted molar refractivity (Wildman–Crippen MR) is 71.9 cm³/mol. The topological polar surface area (TPSA) is 12.0 Å². The minimum absolute atomic E-state index is 0.852. The van der Waals surface area contributed by atoms with Crippen molar-refractivity contribution in [3.8, 4) is 0 Å². The largest absolute Gasteiger partial charge is 0.381 e. The first-order chi connectivity index (χ1) is 7.81. The van der Waals surface area contributed by atoms with Crippen molar-refractivity contribution in [1.29, 1.82) is 0 Å². The van der Waals surface area contributed by atoms with Gasteiger partial charge in [0.1, 0.15) is 0 Å². The number of benzene rings is 2. The van der Waals surface area contributed by atoms with E-state index in [1.165, 1.54) is 22.0 Å². The first kappa shape index (κ1) is 10.7. The van der Waals surface area contributed by atoms with E-state index in [0.29, 0.717) is 0 Å². The fourth-order valence-electron chi connectivity index (χ4n) is 1.72. The molecule has 0 aliphatic heterocycles. The number of fused-ring (bicyclic) bond motifs is 1. The van der Waals surface area contributed by atoms with Crippen molar-refractivity contribution in [2.75, 3.05) is 11.9 Å². The van der Waals surface area contributed by atoms with Crippen LogP contribution in [0.5, 0.6) is 0 Å². The second-order valence-corrected chi connectivity index (χ2v) is 3.98. The third-order valence-electron chi connectivity index (χ3n) is 2.82. The molecule has 0 fully saturated rings. The van der Waals surface area contributed by atoms with Gasteiger partial charge in [0.05, 0.1) is 0 Å². The molecule has 0 spiro atoms. The number of anilines is 1. The normalized spacial score (nSPS) is 10.3. The molecule has 1 heteroatoms. The maximum atomic E-state index is 4.01. The molecule has 0 aliphatic carbocycles. The molecule has 0 saturated carbocycles. The molecular formula is C15H17N. The van der Waals surface area contributed by atoms with E-state index in [-0.39, 0.29) is 0 Å². The van der Waals surface area contributed by atoms with Gasteiger partial charge in [-0.2, -0.15) is 0 Å². The Morgan fingerprint density at radius 2 is 1.88 bits per heavy atom. The minimum atomic E-state index is 0.852. The summed E-state index contributed by atoms with van der Waals surface area (Å²) in [5, 5.41) is 5.98. The predicted octanol–water partition coefficient (Wildman–Crippen LogP) is 4.22. The molecule has 1 nitrogen and oxygen atoms in total. The van der Waals surface area contributed by atoms with Crippen LogP contribution in [0.3, 0.4) is 0 Å². The zero-order valence-corrected chi connectivity index (χ0v) is 9.66. The van der Waals surface area contributed by atoms with Crippen LogP contribution in [0.4, 0.5) is 5.69 Å². The molecule has 2 aromatic carbocycles. The first-order valence-corrected chi connectivity index (χ1v) is 5.69. The number of nitrogens with one attached hydrogen (secondary N) is 1. The van der Waals surface area contributed by atoms with E-state index < -0.39 is 0 Å². The Morgan fingerprint density at radius 1 is 1.12 bits per heavy atom. The van der Waals surface area contributed by atoms with Crippen LogP contribution in [-0.4, -0.2) is 6.54 Å². The van der Waals surface area contributed by atoms with Crippen LogP contribution in [0.25, 0.3) is 10.8 Å². The summed E-state index contributed by atoms with van der Waals surface area (Å²) in [5.41, 5.74) is 2.42. The van der Waals surface area contributed by atoms with Gasteiger partial charge in [0.15, 0.2) is 0 Å². The van der Waals surface area contributed by atoms with E-state index in [1.807, 2.05) is 0 Å². The molecule has 1 N–H and O–H groups in total. The second-order valence-electron chi connectivity index (χ2n) is 3.98. The van der Waals surface area contributed by atoms with Crippen molar-refractivity contribution in [2.45, 2.75) is 13.3 Å². The van der Waals surface area contributed by atoms with Crippen LogP contribution in [0.2, 0.25) is 0 Å². The lowest BCUT2D eigenvalue weighted by Gasteiger charge is -2.10. The van der Waals surface area contributed by atoms with Crippen molar-refractivity contribution < 1.29 is 0 Å².